The third-order valence-electron chi connectivity index (χ3n) is 3.69. The lowest BCUT2D eigenvalue weighted by molar-refractivity contribution is -0.897. The van der Waals surface area contributed by atoms with Crippen molar-refractivity contribution in [3.8, 4) is 0 Å². The number of rotatable bonds is 3. The van der Waals surface area contributed by atoms with Gasteiger partial charge < -0.3 is 10.2 Å². The minimum Gasteiger partial charge on any atom is -0.327 e. The van der Waals surface area contributed by atoms with Crippen LogP contribution in [0, 0.1) is 12.8 Å². The number of hydrogen-bond donors (Lipinski definition) is 2. The van der Waals surface area contributed by atoms with E-state index in [9.17, 15) is 4.79 Å². The molecule has 1 fully saturated rings. The lowest BCUT2D eigenvalue weighted by atomic mass is 9.99. The largest absolute Gasteiger partial charge is 0.327 e. The number of quaternary nitrogens is 1. The fourth-order valence-electron chi connectivity index (χ4n) is 2.50. The van der Waals surface area contributed by atoms with E-state index < -0.39 is 0 Å². The summed E-state index contributed by atoms with van der Waals surface area (Å²) in [5.41, 5.74) is 2.08. The molecule has 0 aromatic heterocycles. The molecule has 3 heteroatoms. The molecule has 18 heavy (non-hydrogen) atoms. The maximum absolute atomic E-state index is 11.9. The smallest absolute Gasteiger partial charge is 0.279 e. The van der Waals surface area contributed by atoms with E-state index in [0.29, 0.717) is 6.54 Å². The number of hydrogen-bond acceptors (Lipinski definition) is 1. The number of amides is 1. The minimum absolute atomic E-state index is 0.130. The Kier molecular flexibility index (Phi) is 4.37. The Hall–Kier alpha value is -1.35. The molecule has 0 bridgehead atoms. The second kappa shape index (κ2) is 6.01. The van der Waals surface area contributed by atoms with Crippen molar-refractivity contribution in [2.75, 3.05) is 25.0 Å². The third kappa shape index (κ3) is 3.84. The number of piperidine rings is 1. The highest BCUT2D eigenvalue weighted by Gasteiger charge is 2.21. The highest BCUT2D eigenvalue weighted by Crippen LogP contribution is 2.09. The molecule has 1 saturated heterocycles. The molecule has 0 saturated carbocycles. The highest BCUT2D eigenvalue weighted by atomic mass is 16.2. The van der Waals surface area contributed by atoms with Crippen molar-refractivity contribution < 1.29 is 9.69 Å². The van der Waals surface area contributed by atoms with Crippen LogP contribution >= 0.6 is 0 Å². The molecular weight excluding hydrogens is 224 g/mol. The Morgan fingerprint density at radius 2 is 2.11 bits per heavy atom. The van der Waals surface area contributed by atoms with E-state index in [2.05, 4.69) is 12.2 Å². The van der Waals surface area contributed by atoms with E-state index in [-0.39, 0.29) is 5.91 Å². The van der Waals surface area contributed by atoms with Crippen molar-refractivity contribution >= 4 is 11.6 Å². The molecule has 2 rings (SSSR count). The number of benzene rings is 1. The third-order valence-corrected chi connectivity index (χ3v) is 3.69. The Morgan fingerprint density at radius 3 is 2.78 bits per heavy atom. The molecule has 1 amide bonds. The van der Waals surface area contributed by atoms with Gasteiger partial charge in [-0.15, -0.1) is 0 Å². The predicted molar refractivity (Wildman–Crippen MR) is 73.8 cm³/mol. The van der Waals surface area contributed by atoms with Gasteiger partial charge in [-0.25, -0.2) is 0 Å². The minimum atomic E-state index is 0.130. The summed E-state index contributed by atoms with van der Waals surface area (Å²) in [4.78, 5) is 13.4. The maximum atomic E-state index is 11.9. The second-order valence-corrected chi connectivity index (χ2v) is 5.53. The Bertz CT molecular complexity index is 409. The van der Waals surface area contributed by atoms with Crippen LogP contribution in [0.3, 0.4) is 0 Å². The monoisotopic (exact) mass is 247 g/mol. The van der Waals surface area contributed by atoms with Crippen molar-refractivity contribution in [1.29, 1.82) is 0 Å². The normalized spacial score (nSPS) is 23.7. The first-order valence-electron chi connectivity index (χ1n) is 6.83. The van der Waals surface area contributed by atoms with E-state index in [4.69, 9.17) is 0 Å². The lowest BCUT2D eigenvalue weighted by Crippen LogP contribution is -3.14. The summed E-state index contributed by atoms with van der Waals surface area (Å²) in [5.74, 6) is 0.957. The zero-order chi connectivity index (χ0) is 13.0. The van der Waals surface area contributed by atoms with Gasteiger partial charge in [-0.1, -0.05) is 19.1 Å². The predicted octanol–water partition coefficient (Wildman–Crippen LogP) is 1.25. The second-order valence-electron chi connectivity index (χ2n) is 5.53. The number of carbonyl (C=O) groups excluding carboxylic acids is 1. The lowest BCUT2D eigenvalue weighted by Gasteiger charge is -2.26. The van der Waals surface area contributed by atoms with Crippen LogP contribution in [0.1, 0.15) is 25.3 Å². The molecule has 1 aromatic rings. The van der Waals surface area contributed by atoms with Crippen molar-refractivity contribution in [3.05, 3.63) is 29.8 Å². The molecule has 1 aliphatic heterocycles. The van der Waals surface area contributed by atoms with Gasteiger partial charge in [0.1, 0.15) is 0 Å². The zero-order valence-electron chi connectivity index (χ0n) is 11.3. The van der Waals surface area contributed by atoms with E-state index in [1.54, 1.807) is 0 Å². The van der Waals surface area contributed by atoms with Crippen LogP contribution in [0.4, 0.5) is 5.69 Å². The van der Waals surface area contributed by atoms with Crippen molar-refractivity contribution in [1.82, 2.24) is 0 Å². The number of likely N-dealkylation sites (tertiary alicyclic amines) is 1. The summed E-state index contributed by atoms with van der Waals surface area (Å²) < 4.78 is 0. The van der Waals surface area contributed by atoms with Crippen molar-refractivity contribution in [3.63, 3.8) is 0 Å². The summed E-state index contributed by atoms with van der Waals surface area (Å²) in [5, 5.41) is 2.98. The van der Waals surface area contributed by atoms with Crippen LogP contribution in [0.5, 0.6) is 0 Å². The van der Waals surface area contributed by atoms with E-state index in [1.807, 2.05) is 31.2 Å². The first-order chi connectivity index (χ1) is 8.63. The molecule has 1 aromatic carbocycles. The fourth-order valence-corrected chi connectivity index (χ4v) is 2.50. The molecule has 0 unspecified atom stereocenters. The summed E-state index contributed by atoms with van der Waals surface area (Å²) in [7, 11) is 0. The molecule has 2 N–H and O–H groups in total. The quantitative estimate of drug-likeness (QED) is 0.828. The number of anilines is 1. The van der Waals surface area contributed by atoms with Gasteiger partial charge in [0.2, 0.25) is 0 Å². The van der Waals surface area contributed by atoms with Gasteiger partial charge in [0.05, 0.1) is 13.1 Å². The summed E-state index contributed by atoms with van der Waals surface area (Å²) in [6, 6.07) is 7.96. The maximum Gasteiger partial charge on any atom is 0.279 e. The van der Waals surface area contributed by atoms with Gasteiger partial charge in [-0.3, -0.25) is 4.79 Å². The zero-order valence-corrected chi connectivity index (χ0v) is 11.3. The van der Waals surface area contributed by atoms with Crippen LogP contribution in [0.15, 0.2) is 24.3 Å². The van der Waals surface area contributed by atoms with Gasteiger partial charge >= 0.3 is 0 Å². The molecule has 98 valence electrons. The van der Waals surface area contributed by atoms with E-state index in [0.717, 1.165) is 24.7 Å². The molecule has 0 atom stereocenters. The van der Waals surface area contributed by atoms with Gasteiger partial charge in [-0.05, 0) is 43.4 Å². The first kappa shape index (κ1) is 13.1. The Morgan fingerprint density at radius 1 is 1.39 bits per heavy atom. The van der Waals surface area contributed by atoms with E-state index >= 15 is 0 Å². The Labute approximate surface area is 109 Å². The topological polar surface area (TPSA) is 33.5 Å². The standard InChI is InChI=1S/C15H22N2O/c1-12-6-8-17(9-7-12)11-15(18)16-14-5-3-4-13(2)10-14/h3-5,10,12H,6-9,11H2,1-2H3,(H,16,18)/p+1. The molecule has 1 aliphatic rings. The van der Waals surface area contributed by atoms with Gasteiger partial charge in [-0.2, -0.15) is 0 Å². The molecule has 1 heterocycles. The summed E-state index contributed by atoms with van der Waals surface area (Å²) in [6.07, 6.45) is 2.49. The average molecular weight is 247 g/mol. The summed E-state index contributed by atoms with van der Waals surface area (Å²) >= 11 is 0. The molecule has 0 spiro atoms. The fraction of sp³-hybridized carbons (Fsp3) is 0.533. The number of carbonyl (C=O) groups is 1. The van der Waals surface area contributed by atoms with Crippen LogP contribution in [0.25, 0.3) is 0 Å². The van der Waals surface area contributed by atoms with Crippen molar-refractivity contribution in [2.24, 2.45) is 5.92 Å². The SMILES string of the molecule is Cc1cccc(NC(=O)C[NH+]2CCC(C)CC2)c1. The van der Waals surface area contributed by atoms with Gasteiger partial charge in [0.25, 0.3) is 5.91 Å². The van der Waals surface area contributed by atoms with Gasteiger partial charge in [0.15, 0.2) is 6.54 Å². The van der Waals surface area contributed by atoms with Crippen molar-refractivity contribution in [2.45, 2.75) is 26.7 Å². The highest BCUT2D eigenvalue weighted by molar-refractivity contribution is 5.91. The van der Waals surface area contributed by atoms with Gasteiger partial charge in [0, 0.05) is 5.69 Å². The molecule has 0 radical (unpaired) electrons. The van der Waals surface area contributed by atoms with Crippen LogP contribution in [0.2, 0.25) is 0 Å². The molecular formula is C15H23N2O+. The summed E-state index contributed by atoms with van der Waals surface area (Å²) in [6.45, 7) is 7.18. The average Bonchev–Trinajstić information content (AvgIpc) is 2.32. The molecule has 0 aliphatic carbocycles. The molecule has 3 nitrogen and oxygen atoms in total. The van der Waals surface area contributed by atoms with Crippen LogP contribution in [-0.2, 0) is 4.79 Å². The number of aryl methyl sites for hydroxylation is 1. The first-order valence-corrected chi connectivity index (χ1v) is 6.83. The Balaban J connectivity index is 1.82. The van der Waals surface area contributed by atoms with Crippen LogP contribution in [-0.4, -0.2) is 25.5 Å². The van der Waals surface area contributed by atoms with E-state index in [1.165, 1.54) is 23.3 Å². The number of nitrogens with one attached hydrogen (secondary N) is 2. The van der Waals surface area contributed by atoms with Crippen LogP contribution < -0.4 is 10.2 Å².